The van der Waals surface area contributed by atoms with E-state index < -0.39 is 23.5 Å². The van der Waals surface area contributed by atoms with E-state index in [1.165, 1.54) is 4.90 Å². The Kier molecular flexibility index (Phi) is 7.97. The molecule has 0 heterocycles. The molecule has 0 aliphatic heterocycles. The summed E-state index contributed by atoms with van der Waals surface area (Å²) >= 11 is 0. The number of hydrogen-bond donors (Lipinski definition) is 2. The molecule has 1 aliphatic rings. The van der Waals surface area contributed by atoms with Crippen LogP contribution in [0.15, 0.2) is 48.5 Å². The molecule has 0 bridgehead atoms. The van der Waals surface area contributed by atoms with Gasteiger partial charge in [-0.25, -0.2) is 4.79 Å². The summed E-state index contributed by atoms with van der Waals surface area (Å²) < 4.78 is 5.66. The smallest absolute Gasteiger partial charge is 0.407 e. The lowest BCUT2D eigenvalue weighted by Gasteiger charge is -2.32. The summed E-state index contributed by atoms with van der Waals surface area (Å²) in [5, 5.41) is 11.8. The van der Waals surface area contributed by atoms with Crippen molar-refractivity contribution < 1.29 is 24.2 Å². The highest BCUT2D eigenvalue weighted by molar-refractivity contribution is 5.80. The quantitative estimate of drug-likeness (QED) is 0.561. The van der Waals surface area contributed by atoms with Crippen molar-refractivity contribution in [3.8, 4) is 11.1 Å². The molecule has 0 fully saturated rings. The molecule has 1 atom stereocenters. The Labute approximate surface area is 201 Å². The average Bonchev–Trinajstić information content (AvgIpc) is 3.10. The number of carboxylic acids is 1. The van der Waals surface area contributed by atoms with Crippen molar-refractivity contribution in [2.45, 2.75) is 52.5 Å². The van der Waals surface area contributed by atoms with Crippen molar-refractivity contribution >= 4 is 18.0 Å². The highest BCUT2D eigenvalue weighted by Crippen LogP contribution is 2.44. The lowest BCUT2D eigenvalue weighted by atomic mass is 9.84. The fourth-order valence-corrected chi connectivity index (χ4v) is 4.35. The van der Waals surface area contributed by atoms with Crippen molar-refractivity contribution in [1.29, 1.82) is 0 Å². The first-order valence-electron chi connectivity index (χ1n) is 11.7. The van der Waals surface area contributed by atoms with Gasteiger partial charge in [-0.15, -0.1) is 0 Å². The number of amides is 2. The number of nitrogens with zero attached hydrogens (tertiary/aromatic N) is 1. The SMILES string of the molecule is CCN(CCC(=O)O)C(=O)CC(NC(=O)OCC1c2ccccc2-c2ccccc21)C(C)(C)C. The molecule has 2 amide bonds. The first kappa shape index (κ1) is 25.3. The van der Waals surface area contributed by atoms with Gasteiger partial charge in [-0.3, -0.25) is 9.59 Å². The van der Waals surface area contributed by atoms with E-state index in [0.717, 1.165) is 22.3 Å². The number of ether oxygens (including phenoxy) is 1. The van der Waals surface area contributed by atoms with Crippen molar-refractivity contribution in [2.75, 3.05) is 19.7 Å². The van der Waals surface area contributed by atoms with Crippen molar-refractivity contribution in [1.82, 2.24) is 10.2 Å². The molecule has 1 aliphatic carbocycles. The maximum Gasteiger partial charge on any atom is 0.407 e. The average molecular weight is 467 g/mol. The van der Waals surface area contributed by atoms with E-state index in [2.05, 4.69) is 29.6 Å². The first-order chi connectivity index (χ1) is 16.1. The second-order valence-corrected chi connectivity index (χ2v) is 9.71. The minimum absolute atomic E-state index is 0.0422. The molecule has 182 valence electrons. The van der Waals surface area contributed by atoms with Crippen LogP contribution in [0.3, 0.4) is 0 Å². The van der Waals surface area contributed by atoms with Crippen LogP contribution in [0.25, 0.3) is 11.1 Å². The second-order valence-electron chi connectivity index (χ2n) is 9.71. The summed E-state index contributed by atoms with van der Waals surface area (Å²) in [6.45, 7) is 8.41. The molecule has 0 saturated heterocycles. The molecule has 2 aromatic carbocycles. The van der Waals surface area contributed by atoms with E-state index in [9.17, 15) is 14.4 Å². The molecule has 1 unspecified atom stereocenters. The fourth-order valence-electron chi connectivity index (χ4n) is 4.35. The van der Waals surface area contributed by atoms with Crippen LogP contribution < -0.4 is 5.32 Å². The molecule has 7 heteroatoms. The summed E-state index contributed by atoms with van der Waals surface area (Å²) in [6.07, 6.45) is -0.607. The van der Waals surface area contributed by atoms with Crippen LogP contribution in [-0.2, 0) is 14.3 Å². The highest BCUT2D eigenvalue weighted by atomic mass is 16.5. The predicted molar refractivity (Wildman–Crippen MR) is 131 cm³/mol. The fraction of sp³-hybridized carbons (Fsp3) is 0.444. The summed E-state index contributed by atoms with van der Waals surface area (Å²) in [4.78, 5) is 38.0. The summed E-state index contributed by atoms with van der Waals surface area (Å²) in [6, 6.07) is 15.8. The van der Waals surface area contributed by atoms with Gasteiger partial charge in [0.25, 0.3) is 0 Å². The lowest BCUT2D eigenvalue weighted by molar-refractivity contribution is -0.138. The zero-order chi connectivity index (χ0) is 24.9. The van der Waals surface area contributed by atoms with Gasteiger partial charge >= 0.3 is 12.1 Å². The van der Waals surface area contributed by atoms with Gasteiger partial charge in [0.15, 0.2) is 0 Å². The Morgan fingerprint density at radius 1 is 1.03 bits per heavy atom. The number of nitrogens with one attached hydrogen (secondary N) is 1. The molecule has 0 saturated carbocycles. The number of alkyl carbamates (subject to hydrolysis) is 1. The monoisotopic (exact) mass is 466 g/mol. The third-order valence-corrected chi connectivity index (χ3v) is 6.39. The van der Waals surface area contributed by atoms with Gasteiger partial charge in [-0.1, -0.05) is 69.3 Å². The van der Waals surface area contributed by atoms with E-state index in [1.54, 1.807) is 0 Å². The third kappa shape index (κ3) is 5.95. The molecule has 34 heavy (non-hydrogen) atoms. The van der Waals surface area contributed by atoms with Crippen LogP contribution in [0.4, 0.5) is 4.79 Å². The van der Waals surface area contributed by atoms with Gasteiger partial charge < -0.3 is 20.1 Å². The zero-order valence-corrected chi connectivity index (χ0v) is 20.3. The normalized spacial score (nSPS) is 13.5. The van der Waals surface area contributed by atoms with Gasteiger partial charge in [-0.2, -0.15) is 0 Å². The largest absolute Gasteiger partial charge is 0.481 e. The van der Waals surface area contributed by atoms with Gasteiger partial charge in [0.05, 0.1) is 6.42 Å². The lowest BCUT2D eigenvalue weighted by Crippen LogP contribution is -2.48. The van der Waals surface area contributed by atoms with Crippen LogP contribution >= 0.6 is 0 Å². The third-order valence-electron chi connectivity index (χ3n) is 6.39. The first-order valence-corrected chi connectivity index (χ1v) is 11.7. The van der Waals surface area contributed by atoms with Crippen molar-refractivity contribution in [3.05, 3.63) is 59.7 Å². The molecular weight excluding hydrogens is 432 g/mol. The van der Waals surface area contributed by atoms with E-state index in [-0.39, 0.29) is 37.8 Å². The van der Waals surface area contributed by atoms with Crippen LogP contribution in [-0.4, -0.2) is 53.7 Å². The number of fused-ring (bicyclic) bond motifs is 3. The van der Waals surface area contributed by atoms with Gasteiger partial charge in [-0.05, 0) is 34.6 Å². The number of carbonyl (C=O) groups is 3. The predicted octanol–water partition coefficient (Wildman–Crippen LogP) is 4.65. The Bertz CT molecular complexity index is 998. The zero-order valence-electron chi connectivity index (χ0n) is 20.3. The molecule has 2 N–H and O–H groups in total. The van der Waals surface area contributed by atoms with E-state index >= 15 is 0 Å². The van der Waals surface area contributed by atoms with Crippen LogP contribution in [0, 0.1) is 5.41 Å². The number of hydrogen-bond acceptors (Lipinski definition) is 4. The highest BCUT2D eigenvalue weighted by Gasteiger charge is 2.32. The maximum absolute atomic E-state index is 12.8. The number of rotatable bonds is 9. The second kappa shape index (κ2) is 10.7. The Morgan fingerprint density at radius 2 is 1.59 bits per heavy atom. The van der Waals surface area contributed by atoms with E-state index in [0.29, 0.717) is 6.54 Å². The Balaban J connectivity index is 1.65. The maximum atomic E-state index is 12.8. The van der Waals surface area contributed by atoms with Crippen LogP contribution in [0.1, 0.15) is 57.6 Å². The molecule has 0 radical (unpaired) electrons. The summed E-state index contributed by atoms with van der Waals surface area (Å²) in [5.41, 5.74) is 4.19. The topological polar surface area (TPSA) is 95.9 Å². The van der Waals surface area contributed by atoms with E-state index in [1.807, 2.05) is 52.0 Å². The van der Waals surface area contributed by atoms with Crippen LogP contribution in [0.2, 0.25) is 0 Å². The summed E-state index contributed by atoms with van der Waals surface area (Å²) in [5.74, 6) is -1.18. The molecule has 3 rings (SSSR count). The number of aliphatic carboxylic acids is 1. The molecule has 2 aromatic rings. The van der Waals surface area contributed by atoms with Gasteiger partial charge in [0.1, 0.15) is 6.61 Å². The molecule has 0 aromatic heterocycles. The number of benzene rings is 2. The Hall–Kier alpha value is -3.35. The Morgan fingerprint density at radius 3 is 2.09 bits per heavy atom. The standard InChI is InChI=1S/C27H34N2O5/c1-5-29(15-14-25(31)32)24(30)16-23(27(2,3)4)28-26(33)34-17-22-20-12-8-6-10-18(20)19-11-7-9-13-21(19)22/h6-13,22-23H,5,14-17H2,1-4H3,(H,28,33)(H,31,32). The summed E-state index contributed by atoms with van der Waals surface area (Å²) in [7, 11) is 0. The molecule has 7 nitrogen and oxygen atoms in total. The van der Waals surface area contributed by atoms with Crippen molar-refractivity contribution in [2.24, 2.45) is 5.41 Å². The van der Waals surface area contributed by atoms with Crippen molar-refractivity contribution in [3.63, 3.8) is 0 Å². The molecular formula is C27H34N2O5. The molecule has 0 spiro atoms. The minimum Gasteiger partial charge on any atom is -0.481 e. The van der Waals surface area contributed by atoms with Gasteiger partial charge in [0.2, 0.25) is 5.91 Å². The van der Waals surface area contributed by atoms with E-state index in [4.69, 9.17) is 9.84 Å². The van der Waals surface area contributed by atoms with Crippen LogP contribution in [0.5, 0.6) is 0 Å². The number of carbonyl (C=O) groups excluding carboxylic acids is 2. The van der Waals surface area contributed by atoms with Gasteiger partial charge in [0, 0.05) is 31.5 Å². The number of carboxylic acid groups (broad SMARTS) is 1. The minimum atomic E-state index is -0.949.